The molecule has 3 rings (SSSR count). The Morgan fingerprint density at radius 2 is 1.74 bits per heavy atom. The van der Waals surface area contributed by atoms with Crippen molar-refractivity contribution in [3.8, 4) is 0 Å². The number of benzene rings is 1. The topological polar surface area (TPSA) is 71.1 Å². The van der Waals surface area contributed by atoms with Crippen LogP contribution in [0.3, 0.4) is 0 Å². The number of aromatic nitrogens is 1. The highest BCUT2D eigenvalue weighted by atomic mass is 32.1. The SMILES string of the molecule is Cc1ccsc1C(=O)Nc1ccc(C(=O)Nc2nccs2)cc1. The molecule has 23 heavy (non-hydrogen) atoms. The molecule has 2 N–H and O–H groups in total. The Kier molecular flexibility index (Phi) is 4.50. The molecule has 116 valence electrons. The van der Waals surface area contributed by atoms with E-state index >= 15 is 0 Å². The number of carbonyl (C=O) groups excluding carboxylic acids is 2. The number of aryl methyl sites for hydroxylation is 1. The first kappa shape index (κ1) is 15.4. The number of nitrogens with one attached hydrogen (secondary N) is 2. The molecule has 2 amide bonds. The molecule has 0 fully saturated rings. The summed E-state index contributed by atoms with van der Waals surface area (Å²) in [5.41, 5.74) is 2.10. The molecule has 0 radical (unpaired) electrons. The van der Waals surface area contributed by atoms with Crippen LogP contribution in [0.25, 0.3) is 0 Å². The number of nitrogens with zero attached hydrogens (tertiary/aromatic N) is 1. The van der Waals surface area contributed by atoms with Crippen molar-refractivity contribution in [2.24, 2.45) is 0 Å². The van der Waals surface area contributed by atoms with Crippen molar-refractivity contribution < 1.29 is 9.59 Å². The fraction of sp³-hybridized carbons (Fsp3) is 0.0625. The van der Waals surface area contributed by atoms with Crippen LogP contribution in [0.15, 0.2) is 47.3 Å². The lowest BCUT2D eigenvalue weighted by Crippen LogP contribution is -2.13. The first-order valence-electron chi connectivity index (χ1n) is 6.80. The predicted octanol–water partition coefficient (Wildman–Crippen LogP) is 4.02. The minimum absolute atomic E-state index is 0.141. The van der Waals surface area contributed by atoms with Gasteiger partial charge in [0.05, 0.1) is 4.88 Å². The van der Waals surface area contributed by atoms with E-state index in [2.05, 4.69) is 15.6 Å². The maximum Gasteiger partial charge on any atom is 0.265 e. The molecule has 0 aliphatic heterocycles. The van der Waals surface area contributed by atoms with Gasteiger partial charge >= 0.3 is 0 Å². The van der Waals surface area contributed by atoms with Crippen molar-refractivity contribution in [2.45, 2.75) is 6.92 Å². The zero-order valence-corrected chi connectivity index (χ0v) is 13.8. The Hall–Kier alpha value is -2.51. The molecule has 2 aromatic heterocycles. The number of amides is 2. The van der Waals surface area contributed by atoms with Gasteiger partial charge in [-0.15, -0.1) is 22.7 Å². The van der Waals surface area contributed by atoms with Crippen molar-refractivity contribution in [1.82, 2.24) is 4.98 Å². The lowest BCUT2D eigenvalue weighted by atomic mass is 10.2. The summed E-state index contributed by atoms with van der Waals surface area (Å²) in [5.74, 6) is -0.371. The van der Waals surface area contributed by atoms with E-state index in [-0.39, 0.29) is 11.8 Å². The lowest BCUT2D eigenvalue weighted by Gasteiger charge is -2.06. The summed E-state index contributed by atoms with van der Waals surface area (Å²) in [6.45, 7) is 1.90. The predicted molar refractivity (Wildman–Crippen MR) is 93.5 cm³/mol. The van der Waals surface area contributed by atoms with Crippen LogP contribution < -0.4 is 10.6 Å². The Bertz CT molecular complexity index is 823. The maximum absolute atomic E-state index is 12.1. The molecule has 0 aliphatic rings. The molecule has 3 aromatic rings. The van der Waals surface area contributed by atoms with Gasteiger partial charge in [-0.05, 0) is 48.2 Å². The van der Waals surface area contributed by atoms with Crippen molar-refractivity contribution in [1.29, 1.82) is 0 Å². The van der Waals surface area contributed by atoms with Gasteiger partial charge in [-0.3, -0.25) is 14.9 Å². The molecule has 0 atom stereocenters. The Morgan fingerprint density at radius 3 is 2.35 bits per heavy atom. The first-order chi connectivity index (χ1) is 11.1. The van der Waals surface area contributed by atoms with Crippen LogP contribution >= 0.6 is 22.7 Å². The molecule has 0 aliphatic carbocycles. The van der Waals surface area contributed by atoms with Crippen molar-refractivity contribution in [3.05, 3.63) is 63.3 Å². The summed E-state index contributed by atoms with van der Waals surface area (Å²) in [7, 11) is 0. The van der Waals surface area contributed by atoms with Gasteiger partial charge < -0.3 is 5.32 Å². The highest BCUT2D eigenvalue weighted by Gasteiger charge is 2.11. The van der Waals surface area contributed by atoms with Crippen molar-refractivity contribution in [3.63, 3.8) is 0 Å². The second-order valence-corrected chi connectivity index (χ2v) is 6.57. The maximum atomic E-state index is 12.1. The average molecular weight is 343 g/mol. The number of hydrogen-bond acceptors (Lipinski definition) is 5. The smallest absolute Gasteiger partial charge is 0.265 e. The minimum Gasteiger partial charge on any atom is -0.321 e. The van der Waals surface area contributed by atoms with Gasteiger partial charge in [-0.25, -0.2) is 4.98 Å². The third-order valence-electron chi connectivity index (χ3n) is 3.13. The molecule has 0 unspecified atom stereocenters. The molecular formula is C16H13N3O2S2. The minimum atomic E-state index is -0.230. The number of hydrogen-bond donors (Lipinski definition) is 2. The summed E-state index contributed by atoms with van der Waals surface area (Å²) in [6, 6.07) is 8.65. The molecular weight excluding hydrogens is 330 g/mol. The van der Waals surface area contributed by atoms with Crippen LogP contribution in [0.2, 0.25) is 0 Å². The van der Waals surface area contributed by atoms with E-state index < -0.39 is 0 Å². The van der Waals surface area contributed by atoms with E-state index in [1.54, 1.807) is 35.8 Å². The van der Waals surface area contributed by atoms with Crippen molar-refractivity contribution in [2.75, 3.05) is 10.6 Å². The fourth-order valence-corrected chi connectivity index (χ4v) is 3.30. The zero-order chi connectivity index (χ0) is 16.2. The molecule has 0 bridgehead atoms. The third kappa shape index (κ3) is 3.64. The van der Waals surface area contributed by atoms with Crippen LogP contribution in [0.5, 0.6) is 0 Å². The van der Waals surface area contributed by atoms with E-state index in [9.17, 15) is 9.59 Å². The van der Waals surface area contributed by atoms with Crippen LogP contribution in [0.4, 0.5) is 10.8 Å². The Morgan fingerprint density at radius 1 is 0.957 bits per heavy atom. The number of rotatable bonds is 4. The quantitative estimate of drug-likeness (QED) is 0.751. The van der Waals surface area contributed by atoms with E-state index in [0.717, 1.165) is 5.56 Å². The van der Waals surface area contributed by atoms with Gasteiger partial charge in [0.2, 0.25) is 0 Å². The summed E-state index contributed by atoms with van der Waals surface area (Å²) in [6.07, 6.45) is 1.63. The van der Waals surface area contributed by atoms with E-state index in [1.165, 1.54) is 22.7 Å². The summed E-state index contributed by atoms with van der Waals surface area (Å²) < 4.78 is 0. The number of carbonyl (C=O) groups is 2. The van der Waals surface area contributed by atoms with Gasteiger partial charge in [0.25, 0.3) is 11.8 Å². The number of thiazole rings is 1. The first-order valence-corrected chi connectivity index (χ1v) is 8.56. The van der Waals surface area contributed by atoms with Crippen LogP contribution in [0, 0.1) is 6.92 Å². The molecule has 2 heterocycles. The van der Waals surface area contributed by atoms with E-state index in [0.29, 0.717) is 21.3 Å². The fourth-order valence-electron chi connectivity index (χ4n) is 1.95. The van der Waals surface area contributed by atoms with Gasteiger partial charge in [0.15, 0.2) is 5.13 Å². The van der Waals surface area contributed by atoms with Gasteiger partial charge in [0.1, 0.15) is 0 Å². The molecule has 0 saturated carbocycles. The van der Waals surface area contributed by atoms with Gasteiger partial charge in [-0.2, -0.15) is 0 Å². The third-order valence-corrected chi connectivity index (χ3v) is 4.83. The molecule has 0 spiro atoms. The largest absolute Gasteiger partial charge is 0.321 e. The van der Waals surface area contributed by atoms with Crippen LogP contribution in [-0.2, 0) is 0 Å². The number of anilines is 2. The van der Waals surface area contributed by atoms with E-state index in [4.69, 9.17) is 0 Å². The average Bonchev–Trinajstić information content (AvgIpc) is 3.19. The summed E-state index contributed by atoms with van der Waals surface area (Å²) in [4.78, 5) is 28.9. The van der Waals surface area contributed by atoms with Crippen LogP contribution in [-0.4, -0.2) is 16.8 Å². The molecule has 7 heteroatoms. The normalized spacial score (nSPS) is 10.3. The van der Waals surface area contributed by atoms with Crippen molar-refractivity contribution >= 4 is 45.3 Å². The Labute approximate surface area is 141 Å². The van der Waals surface area contributed by atoms with Gasteiger partial charge in [-0.1, -0.05) is 0 Å². The van der Waals surface area contributed by atoms with E-state index in [1.807, 2.05) is 18.4 Å². The monoisotopic (exact) mass is 343 g/mol. The highest BCUT2D eigenvalue weighted by Crippen LogP contribution is 2.19. The zero-order valence-electron chi connectivity index (χ0n) is 12.2. The van der Waals surface area contributed by atoms with Gasteiger partial charge in [0, 0.05) is 22.8 Å². The summed E-state index contributed by atoms with van der Waals surface area (Å²) in [5, 5.41) is 9.77. The second-order valence-electron chi connectivity index (χ2n) is 4.76. The Balaban J connectivity index is 1.66. The summed E-state index contributed by atoms with van der Waals surface area (Å²) >= 11 is 2.76. The molecule has 5 nitrogen and oxygen atoms in total. The standard InChI is InChI=1S/C16H13N3O2S2/c1-10-6-8-22-13(10)15(21)18-12-4-2-11(3-5-12)14(20)19-16-17-7-9-23-16/h2-9H,1H3,(H,18,21)(H,17,19,20). The number of thiophene rings is 1. The molecule has 1 aromatic carbocycles. The van der Waals surface area contributed by atoms with Crippen LogP contribution in [0.1, 0.15) is 25.6 Å². The molecule has 0 saturated heterocycles. The second kappa shape index (κ2) is 6.72. The highest BCUT2D eigenvalue weighted by molar-refractivity contribution is 7.13. The lowest BCUT2D eigenvalue weighted by molar-refractivity contribution is 0.102.